The molecule has 0 spiro atoms. The molecule has 3 rings (SSSR count). The van der Waals surface area contributed by atoms with Crippen LogP contribution in [0, 0.1) is 5.82 Å². The SMILES string of the molecule is CNN(C)C(=O)C(C)n1nnc2ccc(Oc3c(F)cc(C(F)(F)F)cc3Cl)cc21. The van der Waals surface area contributed by atoms with E-state index in [1.54, 1.807) is 21.0 Å². The van der Waals surface area contributed by atoms with Crippen LogP contribution in [0.3, 0.4) is 0 Å². The van der Waals surface area contributed by atoms with Crippen LogP contribution in [0.4, 0.5) is 17.6 Å². The first-order valence-corrected chi connectivity index (χ1v) is 8.94. The highest BCUT2D eigenvalue weighted by atomic mass is 35.5. The van der Waals surface area contributed by atoms with Crippen molar-refractivity contribution in [3.8, 4) is 11.5 Å². The average Bonchev–Trinajstić information content (AvgIpc) is 3.11. The lowest BCUT2D eigenvalue weighted by molar-refractivity contribution is -0.138. The monoisotopic (exact) mass is 445 g/mol. The maximum Gasteiger partial charge on any atom is 0.416 e. The molecular weight excluding hydrogens is 430 g/mol. The quantitative estimate of drug-likeness (QED) is 0.471. The fourth-order valence-electron chi connectivity index (χ4n) is 2.70. The number of fused-ring (bicyclic) bond motifs is 1. The minimum atomic E-state index is -4.75. The zero-order chi connectivity index (χ0) is 22.2. The largest absolute Gasteiger partial charge is 0.453 e. The summed E-state index contributed by atoms with van der Waals surface area (Å²) in [6.07, 6.45) is -4.75. The zero-order valence-corrected chi connectivity index (χ0v) is 16.7. The topological polar surface area (TPSA) is 72.3 Å². The van der Waals surface area contributed by atoms with Gasteiger partial charge in [0.2, 0.25) is 0 Å². The van der Waals surface area contributed by atoms with Crippen LogP contribution in [-0.4, -0.2) is 40.0 Å². The number of alkyl halides is 3. The Morgan fingerprint density at radius 3 is 2.60 bits per heavy atom. The Morgan fingerprint density at radius 1 is 1.30 bits per heavy atom. The molecule has 0 aliphatic rings. The van der Waals surface area contributed by atoms with Gasteiger partial charge in [-0.3, -0.25) is 9.80 Å². The fourth-order valence-corrected chi connectivity index (χ4v) is 2.95. The first-order valence-electron chi connectivity index (χ1n) is 8.57. The summed E-state index contributed by atoms with van der Waals surface area (Å²) in [5.41, 5.74) is 2.30. The number of halogens is 5. The Morgan fingerprint density at radius 2 is 2.00 bits per heavy atom. The Labute approximate surface area is 173 Å². The lowest BCUT2D eigenvalue weighted by Gasteiger charge is -2.20. The number of nitrogens with one attached hydrogen (secondary N) is 1. The number of aromatic nitrogens is 3. The molecule has 30 heavy (non-hydrogen) atoms. The van der Waals surface area contributed by atoms with Crippen molar-refractivity contribution in [1.29, 1.82) is 0 Å². The van der Waals surface area contributed by atoms with Crippen LogP contribution >= 0.6 is 11.6 Å². The van der Waals surface area contributed by atoms with Crippen molar-refractivity contribution < 1.29 is 27.1 Å². The number of hydrogen-bond acceptors (Lipinski definition) is 5. The number of rotatable bonds is 5. The molecule has 0 saturated carbocycles. The van der Waals surface area contributed by atoms with Gasteiger partial charge in [0.1, 0.15) is 17.3 Å². The van der Waals surface area contributed by atoms with Gasteiger partial charge in [-0.25, -0.2) is 14.5 Å². The van der Waals surface area contributed by atoms with Gasteiger partial charge < -0.3 is 4.74 Å². The average molecular weight is 446 g/mol. The van der Waals surface area contributed by atoms with Gasteiger partial charge in [-0.2, -0.15) is 13.2 Å². The first kappa shape index (κ1) is 21.8. The van der Waals surface area contributed by atoms with Gasteiger partial charge in [0, 0.05) is 20.2 Å². The Balaban J connectivity index is 1.96. The van der Waals surface area contributed by atoms with Crippen molar-refractivity contribution in [1.82, 2.24) is 25.4 Å². The van der Waals surface area contributed by atoms with E-state index in [0.29, 0.717) is 23.2 Å². The number of likely N-dealkylation sites (N-methyl/N-ethyl adjacent to an activating group) is 1. The molecule has 0 radical (unpaired) electrons. The fraction of sp³-hybridized carbons (Fsp3) is 0.278. The van der Waals surface area contributed by atoms with E-state index < -0.39 is 34.4 Å². The number of carbonyl (C=O) groups is 1. The molecule has 0 fully saturated rings. The highest BCUT2D eigenvalue weighted by molar-refractivity contribution is 6.32. The minimum absolute atomic E-state index is 0.0771. The van der Waals surface area contributed by atoms with Gasteiger partial charge in [0.05, 0.1) is 16.1 Å². The van der Waals surface area contributed by atoms with Crippen LogP contribution in [0.1, 0.15) is 18.5 Å². The molecule has 2 aromatic carbocycles. The van der Waals surface area contributed by atoms with E-state index >= 15 is 0 Å². The molecule has 1 amide bonds. The standard InChI is InChI=1S/C18H16ClF4N5O2/c1-9(17(29)27(3)24-2)28-15-8-11(4-5-14(15)25-26-28)30-16-12(19)6-10(7-13(16)20)18(21,22)23/h4-9,24H,1-3H3. The molecule has 0 saturated heterocycles. The van der Waals surface area contributed by atoms with Crippen molar-refractivity contribution >= 4 is 28.5 Å². The number of amides is 1. The minimum Gasteiger partial charge on any atom is -0.453 e. The zero-order valence-electron chi connectivity index (χ0n) is 16.0. The maximum absolute atomic E-state index is 14.2. The number of nitrogens with zero attached hydrogens (tertiary/aromatic N) is 4. The Kier molecular flexibility index (Phi) is 5.86. The van der Waals surface area contributed by atoms with Crippen LogP contribution in [0.5, 0.6) is 11.5 Å². The van der Waals surface area contributed by atoms with Crippen molar-refractivity contribution in [3.63, 3.8) is 0 Å². The first-order chi connectivity index (χ1) is 14.0. The highest BCUT2D eigenvalue weighted by Gasteiger charge is 2.32. The third-order valence-electron chi connectivity index (χ3n) is 4.38. The summed E-state index contributed by atoms with van der Waals surface area (Å²) in [5, 5.41) is 8.68. The van der Waals surface area contributed by atoms with E-state index in [1.807, 2.05) is 0 Å². The molecule has 1 N–H and O–H groups in total. The number of hydrazine groups is 1. The van der Waals surface area contributed by atoms with Gasteiger partial charge in [0.25, 0.3) is 5.91 Å². The van der Waals surface area contributed by atoms with Crippen LogP contribution in [0.25, 0.3) is 11.0 Å². The lowest BCUT2D eigenvalue weighted by atomic mass is 10.2. The van der Waals surface area contributed by atoms with Gasteiger partial charge in [-0.1, -0.05) is 16.8 Å². The predicted octanol–water partition coefficient (Wildman–Crippen LogP) is 4.19. The molecule has 1 heterocycles. The molecule has 0 aliphatic heterocycles. The lowest BCUT2D eigenvalue weighted by Crippen LogP contribution is -2.41. The third kappa shape index (κ3) is 4.17. The molecule has 1 unspecified atom stereocenters. The van der Waals surface area contributed by atoms with Crippen LogP contribution in [0.2, 0.25) is 5.02 Å². The molecular formula is C18H16ClF4N5O2. The molecule has 1 atom stereocenters. The van der Waals surface area contributed by atoms with Gasteiger partial charge >= 0.3 is 6.18 Å². The van der Waals surface area contributed by atoms with E-state index in [4.69, 9.17) is 16.3 Å². The van der Waals surface area contributed by atoms with E-state index in [9.17, 15) is 22.4 Å². The number of hydrogen-bond donors (Lipinski definition) is 1. The summed E-state index contributed by atoms with van der Waals surface area (Å²) in [6, 6.07) is 4.54. The van der Waals surface area contributed by atoms with Gasteiger partial charge in [0.15, 0.2) is 11.6 Å². The number of ether oxygens (including phenoxy) is 1. The van der Waals surface area contributed by atoms with E-state index in [0.717, 1.165) is 0 Å². The Hall–Kier alpha value is -2.92. The van der Waals surface area contributed by atoms with Crippen molar-refractivity contribution in [3.05, 3.63) is 46.7 Å². The van der Waals surface area contributed by atoms with Crippen molar-refractivity contribution in [2.75, 3.05) is 14.1 Å². The summed E-state index contributed by atoms with van der Waals surface area (Å²) in [7, 11) is 3.13. The van der Waals surface area contributed by atoms with Crippen LogP contribution in [0.15, 0.2) is 30.3 Å². The molecule has 160 valence electrons. The van der Waals surface area contributed by atoms with Crippen LogP contribution < -0.4 is 10.2 Å². The molecule has 0 bridgehead atoms. The Bertz CT molecular complexity index is 1080. The van der Waals surface area contributed by atoms with E-state index in [1.165, 1.54) is 27.9 Å². The highest BCUT2D eigenvalue weighted by Crippen LogP contribution is 2.39. The maximum atomic E-state index is 14.2. The summed E-state index contributed by atoms with van der Waals surface area (Å²) < 4.78 is 59.4. The normalized spacial score (nSPS) is 12.8. The molecule has 1 aromatic heterocycles. The number of carbonyl (C=O) groups excluding carboxylic acids is 1. The molecule has 0 aliphatic carbocycles. The summed E-state index contributed by atoms with van der Waals surface area (Å²) in [5.74, 6) is -2.04. The second-order valence-electron chi connectivity index (χ2n) is 6.35. The molecule has 7 nitrogen and oxygen atoms in total. The summed E-state index contributed by atoms with van der Waals surface area (Å²) in [4.78, 5) is 12.4. The molecule has 3 aromatic rings. The van der Waals surface area contributed by atoms with Crippen LogP contribution in [-0.2, 0) is 11.0 Å². The second-order valence-corrected chi connectivity index (χ2v) is 6.76. The van der Waals surface area contributed by atoms with Gasteiger partial charge in [-0.15, -0.1) is 5.10 Å². The predicted molar refractivity (Wildman–Crippen MR) is 101 cm³/mol. The summed E-state index contributed by atoms with van der Waals surface area (Å²) >= 11 is 5.81. The smallest absolute Gasteiger partial charge is 0.416 e. The number of benzene rings is 2. The van der Waals surface area contributed by atoms with Crippen molar-refractivity contribution in [2.24, 2.45) is 0 Å². The van der Waals surface area contributed by atoms with Crippen molar-refractivity contribution in [2.45, 2.75) is 19.1 Å². The third-order valence-corrected chi connectivity index (χ3v) is 4.66. The van der Waals surface area contributed by atoms with E-state index in [-0.39, 0.29) is 11.7 Å². The summed E-state index contributed by atoms with van der Waals surface area (Å²) in [6.45, 7) is 1.62. The second kappa shape index (κ2) is 8.07. The molecule has 12 heteroatoms. The van der Waals surface area contributed by atoms with E-state index in [2.05, 4.69) is 15.7 Å². The van der Waals surface area contributed by atoms with Gasteiger partial charge in [-0.05, 0) is 31.2 Å².